The topological polar surface area (TPSA) is 115 Å². The van der Waals surface area contributed by atoms with Gasteiger partial charge < -0.3 is 16.6 Å². The summed E-state index contributed by atoms with van der Waals surface area (Å²) in [6.45, 7) is 0. The maximum atomic E-state index is 10.7. The fraction of sp³-hybridized carbons (Fsp3) is 0.375. The van der Waals surface area contributed by atoms with Gasteiger partial charge in [0.15, 0.2) is 5.96 Å². The van der Waals surface area contributed by atoms with Crippen molar-refractivity contribution in [3.63, 3.8) is 0 Å². The van der Waals surface area contributed by atoms with Crippen LogP contribution in [0.15, 0.2) is 10.4 Å². The number of guanidine groups is 1. The van der Waals surface area contributed by atoms with Gasteiger partial charge in [0.2, 0.25) is 5.13 Å². The quantitative estimate of drug-likeness (QED) is 0.397. The number of carboxylic acids is 1. The first-order valence-electron chi connectivity index (χ1n) is 5.97. The molecule has 8 heteroatoms. The molecule has 0 atom stereocenters. The smallest absolute Gasteiger partial charge is 0.304 e. The van der Waals surface area contributed by atoms with Gasteiger partial charge in [-0.15, -0.1) is 11.3 Å². The largest absolute Gasteiger partial charge is 0.481 e. The van der Waals surface area contributed by atoms with E-state index in [1.807, 2.05) is 0 Å². The van der Waals surface area contributed by atoms with Gasteiger partial charge in [0.1, 0.15) is 0 Å². The summed E-state index contributed by atoms with van der Waals surface area (Å²) in [5.41, 5.74) is 8.20. The van der Waals surface area contributed by atoms with Gasteiger partial charge in [-0.2, -0.15) is 16.8 Å². The lowest BCUT2D eigenvalue weighted by atomic mass is 10.6. The fourth-order valence-electron chi connectivity index (χ4n) is 0.714. The molecule has 0 aliphatic carbocycles. The van der Waals surface area contributed by atoms with Crippen LogP contribution in [0.4, 0.5) is 5.13 Å². The van der Waals surface area contributed by atoms with Crippen LogP contribution in [0, 0.1) is 0 Å². The highest BCUT2D eigenvalue weighted by Gasteiger charge is 2.02. The Labute approximate surface area is 106 Å². The number of carboxylic acid groups (broad SMARTS) is 1. The molecule has 0 saturated carbocycles. The van der Waals surface area contributed by atoms with Crippen LogP contribution in [0.1, 0.15) is 17.5 Å². The second kappa shape index (κ2) is 6.33. The Kier molecular flexibility index (Phi) is 3.13. The maximum absolute atomic E-state index is 10.7. The molecule has 0 radical (unpaired) electrons. The lowest BCUT2D eigenvalue weighted by Gasteiger charge is -1.95. The maximum Gasteiger partial charge on any atom is 0.304 e. The Morgan fingerprint density at radius 3 is 3.12 bits per heavy atom. The molecular weight excluding hydrogens is 249 g/mol. The molecule has 1 aromatic heterocycles. The molecule has 0 aliphatic heterocycles. The Bertz CT molecular complexity index is 530. The van der Waals surface area contributed by atoms with Gasteiger partial charge in [-0.1, -0.05) is 0 Å². The number of aromatic nitrogens is 1. The van der Waals surface area contributed by atoms with E-state index in [4.69, 9.17) is 22.1 Å². The highest BCUT2D eigenvalue weighted by atomic mass is 32.2. The summed E-state index contributed by atoms with van der Waals surface area (Å²) < 4.78 is 29.5. The predicted octanol–water partition coefficient (Wildman–Crippen LogP) is 0.756. The van der Waals surface area contributed by atoms with E-state index < -0.39 is 18.0 Å². The van der Waals surface area contributed by atoms with Gasteiger partial charge in [-0.3, -0.25) is 4.79 Å². The standard InChI is InChI=1S/C8H12N4O2S2/c9-7(10)12-8-11-5(4-16-8)3-15-2-1-6(13)14/h4H,1-3H2,(H,13,14)(H4,9,10,11,12)/i1D2,2D2,6+1. The van der Waals surface area contributed by atoms with Crippen molar-refractivity contribution in [2.24, 2.45) is 16.5 Å². The highest BCUT2D eigenvalue weighted by molar-refractivity contribution is 7.98. The molecule has 0 unspecified atom stereocenters. The summed E-state index contributed by atoms with van der Waals surface area (Å²) in [6, 6.07) is 0. The van der Waals surface area contributed by atoms with Crippen molar-refractivity contribution in [3.05, 3.63) is 11.1 Å². The van der Waals surface area contributed by atoms with Crippen molar-refractivity contribution in [3.8, 4) is 0 Å². The monoisotopic (exact) mass is 265 g/mol. The number of aliphatic imine (C=N–C) groups is 1. The van der Waals surface area contributed by atoms with Crippen LogP contribution >= 0.6 is 23.1 Å². The van der Waals surface area contributed by atoms with Crippen LogP contribution in [-0.2, 0) is 10.5 Å². The van der Waals surface area contributed by atoms with Gasteiger partial charge in [0.25, 0.3) is 0 Å². The van der Waals surface area contributed by atoms with E-state index in [0.717, 1.165) is 11.3 Å². The van der Waals surface area contributed by atoms with Crippen molar-refractivity contribution in [1.82, 2.24) is 4.98 Å². The number of hydrogen-bond acceptors (Lipinski definition) is 5. The first kappa shape index (κ1) is 7.91. The van der Waals surface area contributed by atoms with Crippen LogP contribution in [0.2, 0.25) is 0 Å². The van der Waals surface area contributed by atoms with E-state index in [2.05, 4.69) is 9.98 Å². The zero-order chi connectivity index (χ0) is 15.6. The number of rotatable bonds is 6. The molecule has 0 aromatic carbocycles. The lowest BCUT2D eigenvalue weighted by molar-refractivity contribution is -0.136. The van der Waals surface area contributed by atoms with E-state index in [1.165, 1.54) is 0 Å². The molecule has 0 saturated heterocycles. The predicted molar refractivity (Wildman–Crippen MR) is 66.0 cm³/mol. The minimum absolute atomic E-state index is 0.00368. The minimum atomic E-state index is -3.00. The molecule has 16 heavy (non-hydrogen) atoms. The van der Waals surface area contributed by atoms with Gasteiger partial charge in [-0.25, -0.2) is 4.98 Å². The third-order valence-corrected chi connectivity index (χ3v) is 2.68. The Morgan fingerprint density at radius 2 is 2.50 bits per heavy atom. The summed E-state index contributed by atoms with van der Waals surface area (Å²) in [5.74, 6) is -2.01. The number of carbonyl (C=O) groups is 1. The fourth-order valence-corrected chi connectivity index (χ4v) is 2.05. The summed E-state index contributed by atoms with van der Waals surface area (Å²) in [6.07, 6.45) is -3.00. The first-order chi connectivity index (χ1) is 9.06. The van der Waals surface area contributed by atoms with Crippen LogP contribution < -0.4 is 11.5 Å². The Balaban J connectivity index is 2.74. The second-order valence-electron chi connectivity index (χ2n) is 2.48. The molecule has 1 heterocycles. The number of thiazole rings is 1. The molecule has 1 aromatic rings. The van der Waals surface area contributed by atoms with Crippen LogP contribution in [0.25, 0.3) is 0 Å². The van der Waals surface area contributed by atoms with Crippen LogP contribution in [0.5, 0.6) is 0 Å². The molecule has 0 bridgehead atoms. The second-order valence-corrected chi connectivity index (χ2v) is 4.10. The summed E-state index contributed by atoms with van der Waals surface area (Å²) >= 11 is 1.65. The van der Waals surface area contributed by atoms with Crippen LogP contribution in [-0.4, -0.2) is 27.7 Å². The minimum Gasteiger partial charge on any atom is -0.481 e. The Hall–Kier alpha value is -1.28. The molecule has 88 valence electrons. The zero-order valence-electron chi connectivity index (χ0n) is 12.0. The number of aliphatic carboxylic acids is 1. The molecule has 6 nitrogen and oxygen atoms in total. The summed E-state index contributed by atoms with van der Waals surface area (Å²) in [4.78, 5) is 18.4. The number of hydrogen-bond donors (Lipinski definition) is 3. The molecule has 0 fully saturated rings. The first-order valence-corrected chi connectivity index (χ1v) is 5.84. The van der Waals surface area contributed by atoms with Crippen LogP contribution in [0.3, 0.4) is 0 Å². The van der Waals surface area contributed by atoms with Crippen molar-refractivity contribution >= 4 is 40.2 Å². The third kappa shape index (κ3) is 4.99. The average Bonchev–Trinajstić information content (AvgIpc) is 2.73. The molecule has 0 aliphatic rings. The SMILES string of the molecule is [2H]C([2H])(SCc1csc(N=C(N)N)n1)C([2H])([2H])[13C](=O)O. The normalized spacial score (nSPS) is 15.5. The third-order valence-electron chi connectivity index (χ3n) is 1.21. The van der Waals surface area contributed by atoms with E-state index in [-0.39, 0.29) is 11.7 Å². The molecular formula is C8H12N4O2S2. The molecule has 1 rings (SSSR count). The molecule has 0 amide bonds. The zero-order valence-corrected chi connectivity index (χ0v) is 9.64. The molecule has 0 spiro atoms. The van der Waals surface area contributed by atoms with Gasteiger partial charge in [-0.05, 0) is 0 Å². The van der Waals surface area contributed by atoms with E-state index in [1.54, 1.807) is 5.38 Å². The van der Waals surface area contributed by atoms with Crippen molar-refractivity contribution in [1.29, 1.82) is 0 Å². The number of nitrogens with zero attached hydrogens (tertiary/aromatic N) is 2. The molecule has 5 N–H and O–H groups in total. The van der Waals surface area contributed by atoms with E-state index in [0.29, 0.717) is 22.6 Å². The van der Waals surface area contributed by atoms with E-state index >= 15 is 0 Å². The summed E-state index contributed by atoms with van der Waals surface area (Å²) in [7, 11) is 0. The average molecular weight is 265 g/mol. The number of nitrogens with two attached hydrogens (primary N) is 2. The Morgan fingerprint density at radius 1 is 1.75 bits per heavy atom. The van der Waals surface area contributed by atoms with Crippen molar-refractivity contribution in [2.75, 3.05) is 5.70 Å². The lowest BCUT2D eigenvalue weighted by Crippen LogP contribution is -2.21. The van der Waals surface area contributed by atoms with Gasteiger partial charge >= 0.3 is 5.97 Å². The summed E-state index contributed by atoms with van der Waals surface area (Å²) in [5, 5.41) is 10.6. The van der Waals surface area contributed by atoms with Crippen molar-refractivity contribution in [2.45, 2.75) is 12.1 Å². The van der Waals surface area contributed by atoms with Gasteiger partial charge in [0, 0.05) is 22.3 Å². The van der Waals surface area contributed by atoms with E-state index in [9.17, 15) is 4.79 Å². The van der Waals surface area contributed by atoms with Crippen molar-refractivity contribution < 1.29 is 15.4 Å². The number of thioether (sulfide) groups is 1. The highest BCUT2D eigenvalue weighted by Crippen LogP contribution is 2.21. The van der Waals surface area contributed by atoms with Gasteiger partial charge in [0.05, 0.1) is 12.1 Å².